The van der Waals surface area contributed by atoms with Crippen molar-refractivity contribution in [2.45, 2.75) is 70.5 Å². The van der Waals surface area contributed by atoms with E-state index in [0.29, 0.717) is 28.9 Å². The maximum atomic E-state index is 13.9. The smallest absolute Gasteiger partial charge is 0.294 e. The van der Waals surface area contributed by atoms with Crippen molar-refractivity contribution in [2.75, 3.05) is 13.2 Å². The van der Waals surface area contributed by atoms with Crippen molar-refractivity contribution in [3.05, 3.63) is 120 Å². The number of hydrogen-bond donors (Lipinski definition) is 3. The molecule has 0 radical (unpaired) electrons. The molecule has 3 atom stereocenters. The summed E-state index contributed by atoms with van der Waals surface area (Å²) < 4.78 is 6.36. The third-order valence-electron chi connectivity index (χ3n) is 7.74. The third kappa shape index (κ3) is 10.6. The van der Waals surface area contributed by atoms with Gasteiger partial charge in [0.15, 0.2) is 0 Å². The first kappa shape index (κ1) is 37.2. The molecule has 0 aliphatic heterocycles. The molecule has 1 aliphatic rings. The molecule has 3 unspecified atom stereocenters. The number of carboxylic acid groups (broad SMARTS) is 1. The van der Waals surface area contributed by atoms with Crippen LogP contribution in [0.2, 0.25) is 0 Å². The number of aliphatic hydroxyl groups excluding tert-OH is 2. The number of benzene rings is 3. The van der Waals surface area contributed by atoms with E-state index >= 15 is 0 Å². The van der Waals surface area contributed by atoms with Crippen molar-refractivity contribution in [3.8, 4) is 5.75 Å². The Kier molecular flexibility index (Phi) is 13.2. The number of amides is 1. The number of fused-ring (bicyclic) bond motifs is 1. The van der Waals surface area contributed by atoms with Gasteiger partial charge >= 0.3 is 0 Å². The molecule has 3 aromatic rings. The molecule has 48 heavy (non-hydrogen) atoms. The zero-order valence-electron chi connectivity index (χ0n) is 26.8. The van der Waals surface area contributed by atoms with E-state index < -0.39 is 27.9 Å². The lowest BCUT2D eigenvalue weighted by molar-refractivity contribution is -0.763. The molecule has 0 spiro atoms. The molecule has 1 amide bonds. The first-order chi connectivity index (χ1) is 22.7. The van der Waals surface area contributed by atoms with Gasteiger partial charge in [-0.15, -0.1) is 20.2 Å². The Hall–Kier alpha value is -5.28. The largest absolute Gasteiger partial charge is 0.493 e. The minimum atomic E-state index is -0.904. The SMILES string of the molecule is CC(C)(C)N(CC(COc1cccc2c1CC(O)C(O)C2)c1ccc(CO[N+](=O)[O-])cc1)C(=O)c1ccc(CO[N+](=O)[O-])cc1.O=CO. The van der Waals surface area contributed by atoms with Crippen LogP contribution in [-0.4, -0.2) is 73.7 Å². The van der Waals surface area contributed by atoms with Gasteiger partial charge in [0.05, 0.1) is 18.8 Å². The average Bonchev–Trinajstić information content (AvgIpc) is 3.03. The maximum absolute atomic E-state index is 13.9. The summed E-state index contributed by atoms with van der Waals surface area (Å²) in [6.07, 6.45) is -1.19. The summed E-state index contributed by atoms with van der Waals surface area (Å²) in [4.78, 5) is 54.1. The maximum Gasteiger partial charge on any atom is 0.294 e. The number of nitrogens with zero attached hydrogens (tertiary/aromatic N) is 3. The van der Waals surface area contributed by atoms with E-state index in [1.807, 2.05) is 51.1 Å². The monoisotopic (exact) mass is 669 g/mol. The molecular weight excluding hydrogens is 630 g/mol. The van der Waals surface area contributed by atoms with Crippen LogP contribution >= 0.6 is 0 Å². The van der Waals surface area contributed by atoms with Gasteiger partial charge in [-0.2, -0.15) is 0 Å². The molecule has 0 saturated carbocycles. The molecule has 0 saturated heterocycles. The summed E-state index contributed by atoms with van der Waals surface area (Å²) in [5.74, 6) is -0.0125. The van der Waals surface area contributed by atoms with Crippen LogP contribution < -0.4 is 4.74 Å². The van der Waals surface area contributed by atoms with Crippen molar-refractivity contribution in [3.63, 3.8) is 0 Å². The molecule has 3 N–H and O–H groups in total. The van der Waals surface area contributed by atoms with Crippen LogP contribution in [0.4, 0.5) is 0 Å². The zero-order valence-corrected chi connectivity index (χ0v) is 26.8. The highest BCUT2D eigenvalue weighted by Gasteiger charge is 2.32. The van der Waals surface area contributed by atoms with E-state index in [4.69, 9.17) is 14.6 Å². The lowest BCUT2D eigenvalue weighted by Crippen LogP contribution is -2.48. The normalized spacial score (nSPS) is 15.9. The number of aliphatic hydroxyl groups is 2. The van der Waals surface area contributed by atoms with Crippen LogP contribution in [0.15, 0.2) is 66.7 Å². The molecular formula is C33H39N3O12. The van der Waals surface area contributed by atoms with Crippen molar-refractivity contribution in [2.24, 2.45) is 0 Å². The van der Waals surface area contributed by atoms with E-state index in [2.05, 4.69) is 9.68 Å². The standard InChI is InChI=1S/C32H37N3O10.CH2O2/c1-32(2,3)33(31(38)24-13-9-22(10-14-24)19-45-35(41)42)17-26(23-11-7-21(8-12-23)18-44-34(39)40)20-43-30-6-4-5-25-15-28(36)29(37)16-27(25)30;2-1-3/h4-14,26,28-29,36-37H,15-20H2,1-3H3;1H,(H,2,3). The van der Waals surface area contributed by atoms with Crippen LogP contribution in [-0.2, 0) is 40.5 Å². The van der Waals surface area contributed by atoms with E-state index in [-0.39, 0.29) is 51.1 Å². The number of ether oxygens (including phenoxy) is 1. The van der Waals surface area contributed by atoms with E-state index in [1.54, 1.807) is 41.3 Å². The number of carbonyl (C=O) groups is 2. The van der Waals surface area contributed by atoms with E-state index in [0.717, 1.165) is 16.7 Å². The highest BCUT2D eigenvalue weighted by atomic mass is 17.0. The summed E-state index contributed by atoms with van der Waals surface area (Å²) in [6, 6.07) is 19.1. The molecule has 0 bridgehead atoms. The highest BCUT2D eigenvalue weighted by molar-refractivity contribution is 5.94. The summed E-state index contributed by atoms with van der Waals surface area (Å²) in [7, 11) is 0. The second kappa shape index (κ2) is 17.0. The van der Waals surface area contributed by atoms with E-state index in [1.165, 1.54) is 0 Å². The molecule has 258 valence electrons. The highest BCUT2D eigenvalue weighted by Crippen LogP contribution is 2.32. The Balaban J connectivity index is 0.00000201. The predicted molar refractivity (Wildman–Crippen MR) is 170 cm³/mol. The predicted octanol–water partition coefficient (Wildman–Crippen LogP) is 3.73. The topological polar surface area (TPSA) is 212 Å². The zero-order chi connectivity index (χ0) is 35.4. The van der Waals surface area contributed by atoms with E-state index in [9.17, 15) is 35.2 Å². The van der Waals surface area contributed by atoms with Gasteiger partial charge < -0.3 is 34.6 Å². The van der Waals surface area contributed by atoms with Gasteiger partial charge in [0, 0.05) is 42.0 Å². The Bertz CT molecular complexity index is 1540. The first-order valence-corrected chi connectivity index (χ1v) is 14.9. The summed E-state index contributed by atoms with van der Waals surface area (Å²) in [5, 5.41) is 46.8. The lowest BCUT2D eigenvalue weighted by atomic mass is 9.87. The van der Waals surface area contributed by atoms with Crippen LogP contribution in [0.1, 0.15) is 64.9 Å². The Morgan fingerprint density at radius 2 is 1.44 bits per heavy atom. The minimum Gasteiger partial charge on any atom is -0.493 e. The van der Waals surface area contributed by atoms with Crippen LogP contribution in [0.3, 0.4) is 0 Å². The fraction of sp³-hybridized carbons (Fsp3) is 0.394. The Morgan fingerprint density at radius 3 is 1.96 bits per heavy atom. The fourth-order valence-electron chi connectivity index (χ4n) is 5.24. The minimum absolute atomic E-state index is 0.164. The number of rotatable bonds is 13. The van der Waals surface area contributed by atoms with Gasteiger partial charge in [-0.3, -0.25) is 9.59 Å². The van der Waals surface area contributed by atoms with Gasteiger partial charge in [-0.05, 0) is 61.2 Å². The number of hydrogen-bond acceptors (Lipinski definition) is 11. The second-order valence-electron chi connectivity index (χ2n) is 12.1. The van der Waals surface area contributed by atoms with Crippen molar-refractivity contribution in [1.82, 2.24) is 4.90 Å². The van der Waals surface area contributed by atoms with Crippen LogP contribution in [0.25, 0.3) is 0 Å². The quantitative estimate of drug-likeness (QED) is 0.135. The third-order valence-corrected chi connectivity index (χ3v) is 7.74. The summed E-state index contributed by atoms with van der Waals surface area (Å²) in [6.45, 7) is 5.48. The lowest BCUT2D eigenvalue weighted by Gasteiger charge is -2.38. The number of carbonyl (C=O) groups excluding carboxylic acids is 1. The molecule has 15 heteroatoms. The fourth-order valence-corrected chi connectivity index (χ4v) is 5.24. The average molecular weight is 670 g/mol. The molecule has 0 heterocycles. The Labute approximate surface area is 276 Å². The van der Waals surface area contributed by atoms with Crippen molar-refractivity contribution >= 4 is 12.4 Å². The summed E-state index contributed by atoms with van der Waals surface area (Å²) in [5.41, 5.74) is 3.48. The molecule has 3 aromatic carbocycles. The van der Waals surface area contributed by atoms with Gasteiger partial charge in [-0.25, -0.2) is 0 Å². The van der Waals surface area contributed by atoms with Gasteiger partial charge in [0.2, 0.25) is 0 Å². The van der Waals surface area contributed by atoms with Crippen molar-refractivity contribution < 1.29 is 49.5 Å². The van der Waals surface area contributed by atoms with Crippen LogP contribution in [0, 0.1) is 20.2 Å². The molecule has 1 aliphatic carbocycles. The molecule has 15 nitrogen and oxygen atoms in total. The van der Waals surface area contributed by atoms with Crippen molar-refractivity contribution in [1.29, 1.82) is 0 Å². The van der Waals surface area contributed by atoms with Gasteiger partial charge in [-0.1, -0.05) is 48.5 Å². The summed E-state index contributed by atoms with van der Waals surface area (Å²) >= 11 is 0. The van der Waals surface area contributed by atoms with Gasteiger partial charge in [0.25, 0.3) is 22.6 Å². The molecule has 0 aromatic heterocycles. The second-order valence-corrected chi connectivity index (χ2v) is 12.1. The molecule has 4 rings (SSSR count). The first-order valence-electron chi connectivity index (χ1n) is 14.9. The molecule has 0 fully saturated rings. The van der Waals surface area contributed by atoms with Gasteiger partial charge in [0.1, 0.15) is 19.0 Å². The Morgan fingerprint density at radius 1 is 0.917 bits per heavy atom. The van der Waals surface area contributed by atoms with Crippen LogP contribution in [0.5, 0.6) is 5.75 Å².